The molecule has 0 radical (unpaired) electrons. The minimum atomic E-state index is -1.16. The molecule has 0 saturated heterocycles. The molecule has 1 aromatic carbocycles. The van der Waals surface area contributed by atoms with Crippen LogP contribution in [0.4, 0.5) is 5.69 Å². The van der Waals surface area contributed by atoms with Crippen LogP contribution in [0.5, 0.6) is 11.5 Å². The summed E-state index contributed by atoms with van der Waals surface area (Å²) < 4.78 is 21.8. The summed E-state index contributed by atoms with van der Waals surface area (Å²) >= 11 is -1.16. The number of nitrogens with one attached hydrogen (secondary N) is 1. The van der Waals surface area contributed by atoms with Crippen LogP contribution in [-0.2, 0) is 16.0 Å². The first-order chi connectivity index (χ1) is 8.97. The molecular weight excluding hydrogens is 266 g/mol. The molecule has 0 aliphatic rings. The molecule has 1 N–H and O–H groups in total. The molecule has 1 unspecified atom stereocenters. The molecule has 19 heavy (non-hydrogen) atoms. The van der Waals surface area contributed by atoms with Crippen molar-refractivity contribution in [1.82, 2.24) is 0 Å². The third-order valence-corrected chi connectivity index (χ3v) is 4.06. The predicted molar refractivity (Wildman–Crippen MR) is 76.3 cm³/mol. The van der Waals surface area contributed by atoms with Gasteiger partial charge in [-0.3, -0.25) is 4.79 Å². The quantitative estimate of drug-likeness (QED) is 0.809. The first-order valence-corrected chi connectivity index (χ1v) is 7.25. The van der Waals surface area contributed by atoms with E-state index in [0.29, 0.717) is 17.2 Å². The van der Waals surface area contributed by atoms with Crippen LogP contribution in [0.15, 0.2) is 18.2 Å². The van der Waals surface area contributed by atoms with Crippen molar-refractivity contribution in [3.8, 4) is 11.5 Å². The van der Waals surface area contributed by atoms with E-state index in [1.165, 1.54) is 7.11 Å². The lowest BCUT2D eigenvalue weighted by molar-refractivity contribution is -0.113. The fourth-order valence-electron chi connectivity index (χ4n) is 1.41. The molecule has 5 nitrogen and oxygen atoms in total. The second-order valence-corrected chi connectivity index (χ2v) is 6.18. The molecule has 1 aromatic rings. The van der Waals surface area contributed by atoms with Gasteiger partial charge in [-0.1, -0.05) is 0 Å². The summed E-state index contributed by atoms with van der Waals surface area (Å²) in [5.74, 6) is 0.835. The van der Waals surface area contributed by atoms with Crippen LogP contribution in [-0.4, -0.2) is 35.7 Å². The number of carbonyl (C=O) groups is 1. The van der Waals surface area contributed by atoms with Gasteiger partial charge >= 0.3 is 0 Å². The zero-order valence-corrected chi connectivity index (χ0v) is 12.4. The lowest BCUT2D eigenvalue weighted by Crippen LogP contribution is -2.27. The first kappa shape index (κ1) is 15.7. The second kappa shape index (κ2) is 7.25. The Morgan fingerprint density at radius 2 is 1.95 bits per heavy atom. The van der Waals surface area contributed by atoms with Crippen LogP contribution < -0.4 is 14.8 Å². The zero-order valence-electron chi connectivity index (χ0n) is 11.6. The fraction of sp³-hybridized carbons (Fsp3) is 0.462. The highest BCUT2D eigenvalue weighted by molar-refractivity contribution is 7.92. The van der Waals surface area contributed by atoms with E-state index in [-0.39, 0.29) is 16.9 Å². The minimum Gasteiger partial charge on any atom is -0.616 e. The highest BCUT2D eigenvalue weighted by Gasteiger charge is 2.17. The smallest absolute Gasteiger partial charge is 0.274 e. The van der Waals surface area contributed by atoms with Crippen molar-refractivity contribution in [2.24, 2.45) is 0 Å². The van der Waals surface area contributed by atoms with Crippen LogP contribution >= 0.6 is 0 Å². The molecule has 0 fully saturated rings. The van der Waals surface area contributed by atoms with Crippen LogP contribution in [0, 0.1) is 0 Å². The number of hydrogen-bond donors (Lipinski definition) is 1. The van der Waals surface area contributed by atoms with E-state index < -0.39 is 11.2 Å². The van der Waals surface area contributed by atoms with E-state index in [0.717, 1.165) is 0 Å². The number of amides is 1. The SMILES string of the molecule is COc1ccc(NC(=O)C[S+]([O-])C(C)C)cc1OC. The Hall–Kier alpha value is -1.40. The summed E-state index contributed by atoms with van der Waals surface area (Å²) in [5.41, 5.74) is 0.586. The van der Waals surface area contributed by atoms with Crippen molar-refractivity contribution < 1.29 is 18.8 Å². The summed E-state index contributed by atoms with van der Waals surface area (Å²) in [4.78, 5) is 11.7. The van der Waals surface area contributed by atoms with Crippen LogP contribution in [0.3, 0.4) is 0 Å². The highest BCUT2D eigenvalue weighted by atomic mass is 32.2. The van der Waals surface area contributed by atoms with Gasteiger partial charge < -0.3 is 19.3 Å². The molecule has 0 aromatic heterocycles. The van der Waals surface area contributed by atoms with Gasteiger partial charge in [-0.25, -0.2) is 0 Å². The van der Waals surface area contributed by atoms with Crippen molar-refractivity contribution in [1.29, 1.82) is 0 Å². The van der Waals surface area contributed by atoms with Crippen LogP contribution in [0.25, 0.3) is 0 Å². The van der Waals surface area contributed by atoms with Gasteiger partial charge in [0, 0.05) is 11.8 Å². The van der Waals surface area contributed by atoms with Gasteiger partial charge in [0.25, 0.3) is 5.91 Å². The van der Waals surface area contributed by atoms with Gasteiger partial charge in [0.05, 0.1) is 14.2 Å². The number of hydrogen-bond acceptors (Lipinski definition) is 4. The van der Waals surface area contributed by atoms with E-state index >= 15 is 0 Å². The predicted octanol–water partition coefficient (Wildman–Crippen LogP) is 1.80. The summed E-state index contributed by atoms with van der Waals surface area (Å²) in [7, 11) is 3.07. The maximum atomic E-state index is 11.7. The molecule has 0 bridgehead atoms. The molecule has 1 atom stereocenters. The second-order valence-electron chi connectivity index (χ2n) is 4.19. The van der Waals surface area contributed by atoms with Crippen LogP contribution in [0.1, 0.15) is 13.8 Å². The maximum absolute atomic E-state index is 11.7. The Kier molecular flexibility index (Phi) is 5.98. The number of carbonyl (C=O) groups excluding carboxylic acids is 1. The normalized spacial score (nSPS) is 12.1. The Bertz CT molecular complexity index is 437. The Morgan fingerprint density at radius 1 is 1.32 bits per heavy atom. The van der Waals surface area contributed by atoms with Gasteiger partial charge in [-0.15, -0.1) is 0 Å². The third kappa shape index (κ3) is 4.65. The monoisotopic (exact) mass is 285 g/mol. The fourth-order valence-corrected chi connectivity index (χ4v) is 2.07. The maximum Gasteiger partial charge on any atom is 0.274 e. The van der Waals surface area contributed by atoms with Gasteiger partial charge in [0.2, 0.25) is 0 Å². The van der Waals surface area contributed by atoms with Crippen molar-refractivity contribution in [2.45, 2.75) is 19.1 Å². The Labute approximate surface area is 116 Å². The molecule has 0 saturated carbocycles. The number of anilines is 1. The Balaban J connectivity index is 2.69. The molecular formula is C13H19NO4S. The van der Waals surface area contributed by atoms with Gasteiger partial charge in [-0.05, 0) is 37.2 Å². The summed E-state index contributed by atoms with van der Waals surface area (Å²) in [6.45, 7) is 3.64. The standard InChI is InChI=1S/C13H19NO4S/c1-9(2)19(16)8-13(15)14-10-5-6-11(17-3)12(7-10)18-4/h5-7,9H,8H2,1-4H3,(H,14,15). The molecule has 0 heterocycles. The molecule has 106 valence electrons. The van der Waals surface area contributed by atoms with E-state index in [1.54, 1.807) is 25.3 Å². The Morgan fingerprint density at radius 3 is 2.47 bits per heavy atom. The summed E-state index contributed by atoms with van der Waals surface area (Å²) in [6, 6.07) is 5.07. The first-order valence-electron chi connectivity index (χ1n) is 5.87. The number of rotatable bonds is 6. The van der Waals surface area contributed by atoms with Crippen LogP contribution in [0.2, 0.25) is 0 Å². The summed E-state index contributed by atoms with van der Waals surface area (Å²) in [6.07, 6.45) is 0. The van der Waals surface area contributed by atoms with E-state index in [2.05, 4.69) is 5.32 Å². The number of ether oxygens (including phenoxy) is 2. The highest BCUT2D eigenvalue weighted by Crippen LogP contribution is 2.29. The van der Waals surface area contributed by atoms with Crippen molar-refractivity contribution in [3.05, 3.63) is 18.2 Å². The lowest BCUT2D eigenvalue weighted by Gasteiger charge is -2.14. The molecule has 0 aliphatic carbocycles. The lowest BCUT2D eigenvalue weighted by atomic mass is 10.2. The number of benzene rings is 1. The molecule has 1 amide bonds. The number of methoxy groups -OCH3 is 2. The van der Waals surface area contributed by atoms with Crippen molar-refractivity contribution in [3.63, 3.8) is 0 Å². The third-order valence-electron chi connectivity index (χ3n) is 2.47. The van der Waals surface area contributed by atoms with Crippen molar-refractivity contribution >= 4 is 22.8 Å². The molecule has 0 spiro atoms. The van der Waals surface area contributed by atoms with Gasteiger partial charge in [0.1, 0.15) is 5.25 Å². The van der Waals surface area contributed by atoms with E-state index in [1.807, 2.05) is 13.8 Å². The van der Waals surface area contributed by atoms with E-state index in [4.69, 9.17) is 9.47 Å². The van der Waals surface area contributed by atoms with Gasteiger partial charge in [0.15, 0.2) is 17.3 Å². The molecule has 6 heteroatoms. The van der Waals surface area contributed by atoms with E-state index in [9.17, 15) is 9.35 Å². The summed E-state index contributed by atoms with van der Waals surface area (Å²) in [5, 5.41) is 2.65. The minimum absolute atomic E-state index is 0.00793. The largest absolute Gasteiger partial charge is 0.616 e. The topological polar surface area (TPSA) is 70.6 Å². The average molecular weight is 285 g/mol. The molecule has 1 rings (SSSR count). The molecule has 0 aliphatic heterocycles. The average Bonchev–Trinajstić information content (AvgIpc) is 2.38. The van der Waals surface area contributed by atoms with Crippen molar-refractivity contribution in [2.75, 3.05) is 25.3 Å². The zero-order chi connectivity index (χ0) is 14.4. The van der Waals surface area contributed by atoms with Gasteiger partial charge in [-0.2, -0.15) is 0 Å².